The molecule has 0 atom stereocenters. The van der Waals surface area contributed by atoms with Crippen LogP contribution >= 0.6 is 27.3 Å². The van der Waals surface area contributed by atoms with Gasteiger partial charge in [0.2, 0.25) is 0 Å². The third-order valence-corrected chi connectivity index (χ3v) is 3.73. The monoisotopic (exact) mass is 306 g/mol. The maximum Gasteiger partial charge on any atom is 0.185 e. The number of ketones is 1. The fraction of sp³-hybridized carbons (Fsp3) is 0.0714. The van der Waals surface area contributed by atoms with Gasteiger partial charge in [0.15, 0.2) is 5.78 Å². The van der Waals surface area contributed by atoms with Crippen LogP contribution in [0.2, 0.25) is 0 Å². The first kappa shape index (κ1) is 12.3. The minimum atomic E-state index is 0.0253. The van der Waals surface area contributed by atoms with E-state index < -0.39 is 0 Å². The van der Waals surface area contributed by atoms with E-state index in [2.05, 4.69) is 22.9 Å². The summed E-state index contributed by atoms with van der Waals surface area (Å²) in [7, 11) is 0. The van der Waals surface area contributed by atoms with Crippen LogP contribution in [0.3, 0.4) is 0 Å². The summed E-state index contributed by atoms with van der Waals surface area (Å²) in [6, 6.07) is 11.5. The number of aryl methyl sites for hydroxylation is 1. The molecule has 3 heteroatoms. The van der Waals surface area contributed by atoms with Gasteiger partial charge in [-0.2, -0.15) is 0 Å². The molecule has 0 radical (unpaired) electrons. The van der Waals surface area contributed by atoms with Crippen molar-refractivity contribution < 1.29 is 4.79 Å². The predicted octanol–water partition coefficient (Wildman–Crippen LogP) is 4.72. The third-order valence-electron chi connectivity index (χ3n) is 2.27. The minimum Gasteiger partial charge on any atom is -0.289 e. The summed E-state index contributed by atoms with van der Waals surface area (Å²) in [6.45, 7) is 2.05. The zero-order valence-corrected chi connectivity index (χ0v) is 11.7. The van der Waals surface area contributed by atoms with Gasteiger partial charge in [0.05, 0.1) is 0 Å². The molecule has 0 aliphatic carbocycles. The molecule has 0 bridgehead atoms. The molecule has 2 rings (SSSR count). The second-order valence-electron chi connectivity index (χ2n) is 3.66. The SMILES string of the molecule is Cc1ccc(/C=C/C(=O)c2cccc(Br)c2)s1. The fourth-order valence-corrected chi connectivity index (χ4v) is 2.62. The highest BCUT2D eigenvalue weighted by Gasteiger charge is 2.01. The van der Waals surface area contributed by atoms with Crippen molar-refractivity contribution in [2.24, 2.45) is 0 Å². The third kappa shape index (κ3) is 3.38. The summed E-state index contributed by atoms with van der Waals surface area (Å²) in [5.74, 6) is 0.0253. The van der Waals surface area contributed by atoms with Crippen LogP contribution < -0.4 is 0 Å². The number of thiophene rings is 1. The van der Waals surface area contributed by atoms with Crippen LogP contribution in [0.5, 0.6) is 0 Å². The van der Waals surface area contributed by atoms with Gasteiger partial charge in [-0.1, -0.05) is 28.1 Å². The Balaban J connectivity index is 2.14. The number of carbonyl (C=O) groups excluding carboxylic acids is 1. The first-order valence-electron chi connectivity index (χ1n) is 5.19. The van der Waals surface area contributed by atoms with E-state index in [0.717, 1.165) is 9.35 Å². The quantitative estimate of drug-likeness (QED) is 0.592. The highest BCUT2D eigenvalue weighted by atomic mass is 79.9. The van der Waals surface area contributed by atoms with Gasteiger partial charge in [0.1, 0.15) is 0 Å². The van der Waals surface area contributed by atoms with Crippen LogP contribution in [0.4, 0.5) is 0 Å². The van der Waals surface area contributed by atoms with E-state index in [0.29, 0.717) is 5.56 Å². The summed E-state index contributed by atoms with van der Waals surface area (Å²) in [4.78, 5) is 14.2. The summed E-state index contributed by atoms with van der Waals surface area (Å²) in [5.41, 5.74) is 0.698. The van der Waals surface area contributed by atoms with Gasteiger partial charge in [-0.3, -0.25) is 4.79 Å². The van der Waals surface area contributed by atoms with Crippen molar-refractivity contribution in [3.8, 4) is 0 Å². The van der Waals surface area contributed by atoms with E-state index in [1.54, 1.807) is 17.4 Å². The lowest BCUT2D eigenvalue weighted by Gasteiger charge is -1.95. The van der Waals surface area contributed by atoms with Gasteiger partial charge >= 0.3 is 0 Å². The summed E-state index contributed by atoms with van der Waals surface area (Å²) in [5, 5.41) is 0. The number of hydrogen-bond acceptors (Lipinski definition) is 2. The molecule has 0 saturated heterocycles. The summed E-state index contributed by atoms with van der Waals surface area (Å²) in [6.07, 6.45) is 3.48. The number of benzene rings is 1. The highest BCUT2D eigenvalue weighted by Crippen LogP contribution is 2.17. The standard InChI is InChI=1S/C14H11BrOS/c1-10-5-6-13(17-10)7-8-14(16)11-3-2-4-12(15)9-11/h2-9H,1H3/b8-7+. The van der Waals surface area contributed by atoms with E-state index >= 15 is 0 Å². The molecule has 1 aromatic heterocycles. The Labute approximate surface area is 113 Å². The largest absolute Gasteiger partial charge is 0.289 e. The fourth-order valence-electron chi connectivity index (χ4n) is 1.44. The Bertz CT molecular complexity index is 569. The number of allylic oxidation sites excluding steroid dienone is 1. The average molecular weight is 307 g/mol. The lowest BCUT2D eigenvalue weighted by molar-refractivity contribution is 0.104. The number of rotatable bonds is 3. The number of hydrogen-bond donors (Lipinski definition) is 0. The van der Waals surface area contributed by atoms with Crippen molar-refractivity contribution in [2.75, 3.05) is 0 Å². The van der Waals surface area contributed by atoms with E-state index in [1.165, 1.54) is 4.88 Å². The Kier molecular flexibility index (Phi) is 3.92. The van der Waals surface area contributed by atoms with Crippen LogP contribution in [0, 0.1) is 6.92 Å². The maximum absolute atomic E-state index is 11.9. The Hall–Kier alpha value is -1.19. The smallest absolute Gasteiger partial charge is 0.185 e. The zero-order chi connectivity index (χ0) is 12.3. The molecule has 17 heavy (non-hydrogen) atoms. The molecule has 1 heterocycles. The second-order valence-corrected chi connectivity index (χ2v) is 5.89. The molecule has 0 aliphatic heterocycles. The topological polar surface area (TPSA) is 17.1 Å². The molecule has 86 valence electrons. The van der Waals surface area contributed by atoms with Crippen molar-refractivity contribution >= 4 is 39.1 Å². The molecule has 1 nitrogen and oxygen atoms in total. The van der Waals surface area contributed by atoms with Crippen molar-refractivity contribution in [3.05, 3.63) is 62.3 Å². The van der Waals surface area contributed by atoms with Crippen molar-refractivity contribution in [2.45, 2.75) is 6.92 Å². The lowest BCUT2D eigenvalue weighted by atomic mass is 10.1. The summed E-state index contributed by atoms with van der Waals surface area (Å²) >= 11 is 5.04. The molecule has 0 amide bonds. The van der Waals surface area contributed by atoms with Crippen LogP contribution in [0.25, 0.3) is 6.08 Å². The minimum absolute atomic E-state index is 0.0253. The average Bonchev–Trinajstić information content (AvgIpc) is 2.72. The van der Waals surface area contributed by atoms with E-state index in [1.807, 2.05) is 42.5 Å². The Morgan fingerprint density at radius 2 is 2.12 bits per heavy atom. The first-order valence-corrected chi connectivity index (χ1v) is 6.80. The van der Waals surface area contributed by atoms with Gasteiger partial charge in [0.25, 0.3) is 0 Å². The van der Waals surface area contributed by atoms with Gasteiger partial charge in [-0.15, -0.1) is 11.3 Å². The highest BCUT2D eigenvalue weighted by molar-refractivity contribution is 9.10. The molecule has 0 aliphatic rings. The molecule has 1 aromatic carbocycles. The molecule has 0 saturated carbocycles. The molecule has 0 unspecified atom stereocenters. The molecule has 0 fully saturated rings. The van der Waals surface area contributed by atoms with Gasteiger partial charge in [0, 0.05) is 19.8 Å². The van der Waals surface area contributed by atoms with Crippen LogP contribution in [-0.2, 0) is 0 Å². The van der Waals surface area contributed by atoms with Crippen LogP contribution in [-0.4, -0.2) is 5.78 Å². The molecule has 0 N–H and O–H groups in total. The second kappa shape index (κ2) is 5.43. The lowest BCUT2D eigenvalue weighted by Crippen LogP contribution is -1.92. The summed E-state index contributed by atoms with van der Waals surface area (Å²) < 4.78 is 0.920. The normalized spacial score (nSPS) is 10.9. The molecular formula is C14H11BrOS. The van der Waals surface area contributed by atoms with Gasteiger partial charge in [-0.05, 0) is 43.3 Å². The van der Waals surface area contributed by atoms with Crippen LogP contribution in [0.15, 0.2) is 46.9 Å². The predicted molar refractivity (Wildman–Crippen MR) is 76.6 cm³/mol. The van der Waals surface area contributed by atoms with Crippen molar-refractivity contribution in [3.63, 3.8) is 0 Å². The van der Waals surface area contributed by atoms with Gasteiger partial charge < -0.3 is 0 Å². The Morgan fingerprint density at radius 3 is 2.76 bits per heavy atom. The van der Waals surface area contributed by atoms with E-state index in [-0.39, 0.29) is 5.78 Å². The van der Waals surface area contributed by atoms with E-state index in [9.17, 15) is 4.79 Å². The van der Waals surface area contributed by atoms with Crippen LogP contribution in [0.1, 0.15) is 20.1 Å². The van der Waals surface area contributed by atoms with Crippen molar-refractivity contribution in [1.82, 2.24) is 0 Å². The van der Waals surface area contributed by atoms with Gasteiger partial charge in [-0.25, -0.2) is 0 Å². The zero-order valence-electron chi connectivity index (χ0n) is 9.31. The molecular weight excluding hydrogens is 296 g/mol. The maximum atomic E-state index is 11.9. The number of halogens is 1. The molecule has 2 aromatic rings. The number of carbonyl (C=O) groups is 1. The van der Waals surface area contributed by atoms with E-state index in [4.69, 9.17) is 0 Å². The molecule has 0 spiro atoms. The first-order chi connectivity index (χ1) is 8.15. The van der Waals surface area contributed by atoms with Crippen molar-refractivity contribution in [1.29, 1.82) is 0 Å². The Morgan fingerprint density at radius 1 is 1.29 bits per heavy atom.